The second kappa shape index (κ2) is 5.62. The molecule has 3 aliphatic rings. The lowest BCUT2D eigenvalue weighted by atomic mass is 9.80. The molecule has 2 saturated carbocycles. The van der Waals surface area contributed by atoms with E-state index in [1.165, 1.54) is 0 Å². The molecule has 138 valence electrons. The predicted molar refractivity (Wildman–Crippen MR) is 91.3 cm³/mol. The number of aromatic nitrogens is 5. The Morgan fingerprint density at radius 3 is 2.88 bits per heavy atom. The number of aryl methyl sites for hydroxylation is 2. The minimum absolute atomic E-state index is 0.118. The molecule has 2 atom stereocenters. The number of fused-ring (bicyclic) bond motifs is 1. The summed E-state index contributed by atoms with van der Waals surface area (Å²) in [7, 11) is 1.88. The van der Waals surface area contributed by atoms with E-state index in [4.69, 9.17) is 4.52 Å². The first-order chi connectivity index (χ1) is 12.5. The molecular weight excluding hydrogens is 332 g/mol. The van der Waals surface area contributed by atoms with Gasteiger partial charge in [0.05, 0.1) is 11.8 Å². The number of nitrogens with zero attached hydrogens (tertiary/aromatic N) is 6. The van der Waals surface area contributed by atoms with Gasteiger partial charge in [-0.05, 0) is 38.5 Å². The van der Waals surface area contributed by atoms with Crippen LogP contribution in [0.25, 0.3) is 0 Å². The molecule has 1 aliphatic heterocycles. The highest BCUT2D eigenvalue weighted by Gasteiger charge is 2.55. The van der Waals surface area contributed by atoms with Crippen molar-refractivity contribution >= 4 is 5.91 Å². The lowest BCUT2D eigenvalue weighted by molar-refractivity contribution is -0.130. The van der Waals surface area contributed by atoms with Crippen LogP contribution in [0.3, 0.4) is 0 Å². The Bertz CT molecular complexity index is 854. The molecule has 3 heterocycles. The molecule has 5 rings (SSSR count). The van der Waals surface area contributed by atoms with Crippen molar-refractivity contribution in [3.8, 4) is 0 Å². The molecule has 2 aliphatic carbocycles. The van der Waals surface area contributed by atoms with E-state index in [-0.39, 0.29) is 11.3 Å². The van der Waals surface area contributed by atoms with Crippen LogP contribution in [0.5, 0.6) is 0 Å². The van der Waals surface area contributed by atoms with Crippen molar-refractivity contribution < 1.29 is 9.32 Å². The number of likely N-dealkylation sites (tertiary alicyclic amines) is 1. The zero-order valence-corrected chi connectivity index (χ0v) is 15.3. The molecule has 0 aromatic carbocycles. The fraction of sp³-hybridized carbons (Fsp3) is 0.722. The maximum Gasteiger partial charge on any atom is 0.234 e. The number of amides is 1. The van der Waals surface area contributed by atoms with Gasteiger partial charge in [-0.25, -0.2) is 4.98 Å². The van der Waals surface area contributed by atoms with Gasteiger partial charge < -0.3 is 9.42 Å². The first-order valence-corrected chi connectivity index (χ1v) is 9.53. The molecule has 8 nitrogen and oxygen atoms in total. The Morgan fingerprint density at radius 2 is 2.15 bits per heavy atom. The van der Waals surface area contributed by atoms with Gasteiger partial charge in [0.15, 0.2) is 11.6 Å². The fourth-order valence-corrected chi connectivity index (χ4v) is 4.68. The van der Waals surface area contributed by atoms with E-state index in [1.807, 2.05) is 18.9 Å². The fourth-order valence-electron chi connectivity index (χ4n) is 4.68. The van der Waals surface area contributed by atoms with Gasteiger partial charge in [0.1, 0.15) is 5.82 Å². The molecule has 2 aromatic heterocycles. The average Bonchev–Trinajstić information content (AvgIpc) is 2.91. The van der Waals surface area contributed by atoms with Crippen LogP contribution in [0.1, 0.15) is 61.4 Å². The molecular formula is C18H24N6O2. The van der Waals surface area contributed by atoms with E-state index in [0.29, 0.717) is 36.5 Å². The van der Waals surface area contributed by atoms with Gasteiger partial charge in [0.25, 0.3) is 0 Å². The molecule has 8 heteroatoms. The third kappa shape index (κ3) is 2.46. The summed E-state index contributed by atoms with van der Waals surface area (Å²) in [4.78, 5) is 24.0. The molecule has 0 bridgehead atoms. The van der Waals surface area contributed by atoms with Crippen molar-refractivity contribution in [2.75, 3.05) is 13.1 Å². The molecule has 1 amide bonds. The van der Waals surface area contributed by atoms with Crippen molar-refractivity contribution in [2.24, 2.45) is 13.0 Å². The second-order valence-electron chi connectivity index (χ2n) is 8.13. The van der Waals surface area contributed by atoms with E-state index in [2.05, 4.69) is 20.2 Å². The number of carbonyl (C=O) groups excluding carboxylic acids is 1. The topological polar surface area (TPSA) is 89.9 Å². The smallest absolute Gasteiger partial charge is 0.234 e. The van der Waals surface area contributed by atoms with Gasteiger partial charge in [0, 0.05) is 26.1 Å². The van der Waals surface area contributed by atoms with Crippen LogP contribution in [0, 0.1) is 12.8 Å². The summed E-state index contributed by atoms with van der Waals surface area (Å²) in [6.07, 6.45) is 5.92. The number of rotatable bonds is 4. The molecule has 1 saturated heterocycles. The first kappa shape index (κ1) is 16.0. The van der Waals surface area contributed by atoms with Crippen LogP contribution in [0.15, 0.2) is 4.52 Å². The summed E-state index contributed by atoms with van der Waals surface area (Å²) in [5, 5.41) is 8.45. The summed E-state index contributed by atoms with van der Waals surface area (Å²) >= 11 is 0. The number of carbonyl (C=O) groups is 1. The molecule has 0 unspecified atom stereocenters. The quantitative estimate of drug-likeness (QED) is 0.825. The predicted octanol–water partition coefficient (Wildman–Crippen LogP) is 1.51. The Kier molecular flexibility index (Phi) is 3.45. The van der Waals surface area contributed by atoms with Crippen molar-refractivity contribution in [1.82, 2.24) is 29.8 Å². The van der Waals surface area contributed by atoms with Crippen molar-refractivity contribution in [3.05, 3.63) is 23.4 Å². The summed E-state index contributed by atoms with van der Waals surface area (Å²) < 4.78 is 7.29. The number of hydrogen-bond donors (Lipinski definition) is 0. The zero-order chi connectivity index (χ0) is 17.9. The largest absolute Gasteiger partial charge is 0.341 e. The van der Waals surface area contributed by atoms with Gasteiger partial charge in [-0.1, -0.05) is 11.6 Å². The second-order valence-corrected chi connectivity index (χ2v) is 8.13. The minimum atomic E-state index is -0.157. The van der Waals surface area contributed by atoms with Gasteiger partial charge in [0.2, 0.25) is 11.8 Å². The minimum Gasteiger partial charge on any atom is -0.341 e. The van der Waals surface area contributed by atoms with Crippen LogP contribution < -0.4 is 0 Å². The van der Waals surface area contributed by atoms with Crippen LogP contribution in [-0.4, -0.2) is 48.8 Å². The summed E-state index contributed by atoms with van der Waals surface area (Å²) in [5.74, 6) is 4.06. The summed E-state index contributed by atoms with van der Waals surface area (Å²) in [6, 6.07) is 0. The van der Waals surface area contributed by atoms with Crippen LogP contribution in [0.2, 0.25) is 0 Å². The van der Waals surface area contributed by atoms with Crippen LogP contribution >= 0.6 is 0 Å². The standard InChI is InChI=1S/C18H24N6O2/c1-11-19-17(26-22-11)18-7-3-4-13(18)9-24(10-18)15(25)8-14-20-16(12-5-6-12)21-23(14)2/h12-13H,3-10H2,1-2H3/t13-,18-/m0/s1. The molecule has 26 heavy (non-hydrogen) atoms. The Balaban J connectivity index is 1.34. The highest BCUT2D eigenvalue weighted by molar-refractivity contribution is 5.78. The molecule has 0 spiro atoms. The van der Waals surface area contributed by atoms with E-state index >= 15 is 0 Å². The van der Waals surface area contributed by atoms with E-state index in [9.17, 15) is 4.79 Å². The van der Waals surface area contributed by atoms with Gasteiger partial charge in [-0.3, -0.25) is 9.48 Å². The Labute approximate surface area is 152 Å². The lowest BCUT2D eigenvalue weighted by Gasteiger charge is -2.24. The summed E-state index contributed by atoms with van der Waals surface area (Å²) in [5.41, 5.74) is -0.157. The highest BCUT2D eigenvalue weighted by Crippen LogP contribution is 2.50. The van der Waals surface area contributed by atoms with E-state index < -0.39 is 0 Å². The van der Waals surface area contributed by atoms with Crippen molar-refractivity contribution in [2.45, 2.75) is 56.8 Å². The first-order valence-electron chi connectivity index (χ1n) is 9.53. The monoisotopic (exact) mass is 356 g/mol. The van der Waals surface area contributed by atoms with E-state index in [1.54, 1.807) is 4.68 Å². The third-order valence-electron chi connectivity index (χ3n) is 6.30. The zero-order valence-electron chi connectivity index (χ0n) is 15.3. The SMILES string of the molecule is Cc1noc([C@]23CCC[C@H]2CN(C(=O)Cc2nc(C4CC4)nn2C)C3)n1. The Morgan fingerprint density at radius 1 is 1.31 bits per heavy atom. The summed E-state index contributed by atoms with van der Waals surface area (Å²) in [6.45, 7) is 3.29. The highest BCUT2D eigenvalue weighted by atomic mass is 16.5. The maximum atomic E-state index is 12.9. The van der Waals surface area contributed by atoms with Crippen LogP contribution in [-0.2, 0) is 23.7 Å². The van der Waals surface area contributed by atoms with Gasteiger partial charge in [-0.2, -0.15) is 10.1 Å². The maximum absolute atomic E-state index is 12.9. The molecule has 2 aromatic rings. The Hall–Kier alpha value is -2.25. The van der Waals surface area contributed by atoms with Crippen molar-refractivity contribution in [3.63, 3.8) is 0 Å². The van der Waals surface area contributed by atoms with E-state index in [0.717, 1.165) is 50.3 Å². The molecule has 0 radical (unpaired) electrons. The lowest BCUT2D eigenvalue weighted by Crippen LogP contribution is -2.36. The average molecular weight is 356 g/mol. The molecule has 3 fully saturated rings. The van der Waals surface area contributed by atoms with Gasteiger partial charge >= 0.3 is 0 Å². The normalized spacial score (nSPS) is 27.9. The number of hydrogen-bond acceptors (Lipinski definition) is 6. The third-order valence-corrected chi connectivity index (χ3v) is 6.30. The van der Waals surface area contributed by atoms with Crippen LogP contribution in [0.4, 0.5) is 0 Å². The van der Waals surface area contributed by atoms with Gasteiger partial charge in [-0.15, -0.1) is 0 Å². The van der Waals surface area contributed by atoms with Crippen molar-refractivity contribution in [1.29, 1.82) is 0 Å². The molecule has 0 N–H and O–H groups in total.